The summed E-state index contributed by atoms with van der Waals surface area (Å²) in [5.41, 5.74) is 1.66. The first-order valence-corrected chi connectivity index (χ1v) is 11.1. The summed E-state index contributed by atoms with van der Waals surface area (Å²) in [7, 11) is 0. The van der Waals surface area contributed by atoms with Crippen molar-refractivity contribution >= 4 is 29.5 Å². The minimum Gasteiger partial charge on any atom is -0.463 e. The van der Waals surface area contributed by atoms with Gasteiger partial charge in [-0.1, -0.05) is 29.8 Å². The van der Waals surface area contributed by atoms with Crippen molar-refractivity contribution < 1.29 is 19.1 Å². The lowest BCUT2D eigenvalue weighted by molar-refractivity contribution is -0.139. The summed E-state index contributed by atoms with van der Waals surface area (Å²) in [6.07, 6.45) is 1.62. The fourth-order valence-electron chi connectivity index (χ4n) is 4.01. The topological polar surface area (TPSA) is 82.2 Å². The van der Waals surface area contributed by atoms with Crippen LogP contribution in [0.4, 0.5) is 4.79 Å². The van der Waals surface area contributed by atoms with Crippen LogP contribution in [0.25, 0.3) is 0 Å². The fourth-order valence-corrected chi connectivity index (χ4v) is 4.21. The van der Waals surface area contributed by atoms with Crippen LogP contribution >= 0.6 is 11.6 Å². The van der Waals surface area contributed by atoms with Gasteiger partial charge in [-0.15, -0.1) is 6.58 Å². The molecule has 0 saturated carbocycles. The monoisotopic (exact) mass is 460 g/mol. The van der Waals surface area contributed by atoms with Gasteiger partial charge >= 0.3 is 12.0 Å². The minimum absolute atomic E-state index is 0.0439. The van der Waals surface area contributed by atoms with E-state index < -0.39 is 12.0 Å². The minimum atomic E-state index is -0.685. The Bertz CT molecular complexity index is 924. The number of nitrogens with zero attached hydrogens (tertiary/aromatic N) is 3. The molecule has 0 aromatic heterocycles. The van der Waals surface area contributed by atoms with Gasteiger partial charge in [0.25, 0.3) is 0 Å². The first-order valence-electron chi connectivity index (χ1n) is 10.7. The molecule has 0 bridgehead atoms. The van der Waals surface area contributed by atoms with Gasteiger partial charge < -0.3 is 15.0 Å². The second kappa shape index (κ2) is 10.7. The van der Waals surface area contributed by atoms with Crippen molar-refractivity contribution in [2.75, 3.05) is 45.9 Å². The van der Waals surface area contributed by atoms with Gasteiger partial charge in [-0.05, 0) is 24.6 Å². The van der Waals surface area contributed by atoms with Crippen LogP contribution in [0, 0.1) is 0 Å². The quantitative estimate of drug-likeness (QED) is 0.499. The summed E-state index contributed by atoms with van der Waals surface area (Å²) < 4.78 is 5.39. The van der Waals surface area contributed by atoms with Gasteiger partial charge in [-0.25, -0.2) is 9.59 Å². The molecule has 1 saturated heterocycles. The van der Waals surface area contributed by atoms with Crippen molar-refractivity contribution in [2.45, 2.75) is 19.9 Å². The Morgan fingerprint density at radius 3 is 2.59 bits per heavy atom. The Labute approximate surface area is 193 Å². The zero-order valence-electron chi connectivity index (χ0n) is 18.5. The van der Waals surface area contributed by atoms with E-state index in [4.69, 9.17) is 16.3 Å². The number of nitrogens with one attached hydrogen (secondary N) is 1. The molecule has 32 heavy (non-hydrogen) atoms. The van der Waals surface area contributed by atoms with Crippen LogP contribution < -0.4 is 5.32 Å². The molecule has 9 heteroatoms. The number of ether oxygens (including phenoxy) is 1. The Kier molecular flexibility index (Phi) is 7.93. The van der Waals surface area contributed by atoms with Gasteiger partial charge in [-0.3, -0.25) is 14.6 Å². The van der Waals surface area contributed by atoms with E-state index in [0.29, 0.717) is 54.6 Å². The van der Waals surface area contributed by atoms with Gasteiger partial charge in [0.15, 0.2) is 0 Å². The number of urea groups is 1. The van der Waals surface area contributed by atoms with Crippen LogP contribution in [-0.4, -0.2) is 78.5 Å². The summed E-state index contributed by atoms with van der Waals surface area (Å²) in [4.78, 5) is 43.3. The number of benzene rings is 1. The molecule has 1 aromatic rings. The smallest absolute Gasteiger partial charge is 0.338 e. The third-order valence-electron chi connectivity index (χ3n) is 5.62. The number of rotatable bonds is 7. The summed E-state index contributed by atoms with van der Waals surface area (Å²) in [6, 6.07) is 6.07. The Morgan fingerprint density at radius 2 is 2.00 bits per heavy atom. The first kappa shape index (κ1) is 23.8. The van der Waals surface area contributed by atoms with Gasteiger partial charge in [0, 0.05) is 56.9 Å². The van der Waals surface area contributed by atoms with Crippen molar-refractivity contribution in [3.05, 3.63) is 58.8 Å². The molecule has 3 amide bonds. The van der Waals surface area contributed by atoms with Crippen molar-refractivity contribution in [2.24, 2.45) is 0 Å². The fraction of sp³-hybridized carbons (Fsp3) is 0.435. The molecule has 2 aliphatic rings. The Balaban J connectivity index is 2.03. The summed E-state index contributed by atoms with van der Waals surface area (Å²) >= 11 is 6.19. The highest BCUT2D eigenvalue weighted by atomic mass is 35.5. The average molecular weight is 461 g/mol. The van der Waals surface area contributed by atoms with E-state index >= 15 is 0 Å². The van der Waals surface area contributed by atoms with Crippen LogP contribution in [0.15, 0.2) is 48.2 Å². The lowest BCUT2D eigenvalue weighted by Gasteiger charge is -2.40. The second-order valence-electron chi connectivity index (χ2n) is 7.70. The van der Waals surface area contributed by atoms with Crippen molar-refractivity contribution in [3.63, 3.8) is 0 Å². The average Bonchev–Trinajstić information content (AvgIpc) is 2.76. The van der Waals surface area contributed by atoms with E-state index in [1.807, 2.05) is 6.07 Å². The van der Waals surface area contributed by atoms with Gasteiger partial charge in [-0.2, -0.15) is 0 Å². The highest BCUT2D eigenvalue weighted by Gasteiger charge is 2.38. The van der Waals surface area contributed by atoms with Crippen LogP contribution in [0.2, 0.25) is 5.02 Å². The number of halogens is 1. The SMILES string of the molecule is C=CCN1C(=O)N[C@H](c2cccc(Cl)c2)C(C(=O)OCC)=C1CN1CCN(C(C)=O)CC1. The van der Waals surface area contributed by atoms with E-state index in [2.05, 4.69) is 16.8 Å². The molecule has 1 N–H and O–H groups in total. The molecule has 1 aromatic carbocycles. The molecule has 2 heterocycles. The Morgan fingerprint density at radius 1 is 1.28 bits per heavy atom. The number of hydrogen-bond donors (Lipinski definition) is 1. The molecule has 0 radical (unpaired) electrons. The number of carbonyl (C=O) groups is 3. The molecule has 0 spiro atoms. The summed E-state index contributed by atoms with van der Waals surface area (Å²) in [5, 5.41) is 3.43. The van der Waals surface area contributed by atoms with Crippen LogP contribution in [0.3, 0.4) is 0 Å². The zero-order valence-corrected chi connectivity index (χ0v) is 19.2. The number of amides is 3. The molecule has 172 valence electrons. The second-order valence-corrected chi connectivity index (χ2v) is 8.14. The summed E-state index contributed by atoms with van der Waals surface area (Å²) in [6.45, 7) is 10.4. The van der Waals surface area contributed by atoms with E-state index in [9.17, 15) is 14.4 Å². The van der Waals surface area contributed by atoms with Gasteiger partial charge in [0.1, 0.15) is 0 Å². The van der Waals surface area contributed by atoms with E-state index in [0.717, 1.165) is 0 Å². The molecule has 8 nitrogen and oxygen atoms in total. The molecule has 0 aliphatic carbocycles. The van der Waals surface area contributed by atoms with Crippen LogP contribution in [0.5, 0.6) is 0 Å². The van der Waals surface area contributed by atoms with Crippen molar-refractivity contribution in [1.29, 1.82) is 0 Å². The van der Waals surface area contributed by atoms with Gasteiger partial charge in [0.05, 0.1) is 18.2 Å². The molecule has 1 atom stereocenters. The number of esters is 1. The maximum atomic E-state index is 13.1. The lowest BCUT2D eigenvalue weighted by Crippen LogP contribution is -2.53. The maximum absolute atomic E-state index is 13.1. The standard InChI is InChI=1S/C23H29ClN4O4/c1-4-9-28-19(15-26-10-12-27(13-11-26)16(3)29)20(22(30)32-5-2)21(25-23(28)31)17-7-6-8-18(24)14-17/h4,6-8,14,21H,1,5,9-13,15H2,2-3H3,(H,25,31)/t21-/m1/s1. The summed E-state index contributed by atoms with van der Waals surface area (Å²) in [5.74, 6) is -0.439. The molecular formula is C23H29ClN4O4. The third-order valence-corrected chi connectivity index (χ3v) is 5.85. The molecule has 3 rings (SSSR count). The normalized spacial score (nSPS) is 19.6. The van der Waals surface area contributed by atoms with E-state index in [-0.39, 0.29) is 25.1 Å². The van der Waals surface area contributed by atoms with Crippen molar-refractivity contribution in [1.82, 2.24) is 20.0 Å². The van der Waals surface area contributed by atoms with Crippen molar-refractivity contribution in [3.8, 4) is 0 Å². The molecule has 0 unspecified atom stereocenters. The molecule has 1 fully saturated rings. The predicted molar refractivity (Wildman–Crippen MR) is 122 cm³/mol. The van der Waals surface area contributed by atoms with Crippen LogP contribution in [-0.2, 0) is 14.3 Å². The Hall–Kier alpha value is -2.84. The predicted octanol–water partition coefficient (Wildman–Crippen LogP) is 2.57. The number of carbonyl (C=O) groups excluding carboxylic acids is 3. The number of hydrogen-bond acceptors (Lipinski definition) is 5. The number of piperazine rings is 1. The first-order chi connectivity index (χ1) is 15.3. The van der Waals surface area contributed by atoms with Gasteiger partial charge in [0.2, 0.25) is 5.91 Å². The van der Waals surface area contributed by atoms with E-state index in [1.54, 1.807) is 43.0 Å². The zero-order chi connectivity index (χ0) is 23.3. The lowest BCUT2D eigenvalue weighted by atomic mass is 9.94. The largest absolute Gasteiger partial charge is 0.463 e. The maximum Gasteiger partial charge on any atom is 0.338 e. The highest BCUT2D eigenvalue weighted by Crippen LogP contribution is 2.33. The third kappa shape index (κ3) is 5.31. The van der Waals surface area contributed by atoms with Crippen LogP contribution in [0.1, 0.15) is 25.5 Å². The molecular weight excluding hydrogens is 432 g/mol. The highest BCUT2D eigenvalue weighted by molar-refractivity contribution is 6.30. The van der Waals surface area contributed by atoms with E-state index in [1.165, 1.54) is 4.90 Å². The molecule has 2 aliphatic heterocycles.